The van der Waals surface area contributed by atoms with Crippen LogP contribution >= 0.6 is 0 Å². The molecule has 2 aliphatic rings. The number of likely N-dealkylation sites (tertiary alicyclic amines) is 1. The van der Waals surface area contributed by atoms with Crippen molar-refractivity contribution in [2.75, 3.05) is 13.1 Å². The summed E-state index contributed by atoms with van der Waals surface area (Å²) in [7, 11) is 0. The van der Waals surface area contributed by atoms with Crippen molar-refractivity contribution in [1.29, 1.82) is 0 Å². The molecule has 1 saturated heterocycles. The summed E-state index contributed by atoms with van der Waals surface area (Å²) in [5.41, 5.74) is 0.588. The predicted octanol–water partition coefficient (Wildman–Crippen LogP) is 2.51. The number of hydrogen-bond acceptors (Lipinski definition) is 2. The van der Waals surface area contributed by atoms with Gasteiger partial charge in [0.25, 0.3) is 0 Å². The molecular formula is C13H23NO2. The van der Waals surface area contributed by atoms with E-state index in [1.165, 1.54) is 25.7 Å². The van der Waals surface area contributed by atoms with Crippen LogP contribution < -0.4 is 0 Å². The maximum absolute atomic E-state index is 10.8. The van der Waals surface area contributed by atoms with Gasteiger partial charge in [-0.2, -0.15) is 0 Å². The van der Waals surface area contributed by atoms with E-state index in [1.54, 1.807) is 0 Å². The Labute approximate surface area is 97.8 Å². The molecule has 1 spiro atoms. The van der Waals surface area contributed by atoms with Crippen molar-refractivity contribution in [1.82, 2.24) is 4.90 Å². The maximum Gasteiger partial charge on any atom is 0.304 e. The molecule has 3 nitrogen and oxygen atoms in total. The SMILES string of the molecule is CCCC(CC(=O)O)N1CC2(CCCC2)C1. The van der Waals surface area contributed by atoms with E-state index in [-0.39, 0.29) is 6.04 Å². The van der Waals surface area contributed by atoms with E-state index in [4.69, 9.17) is 5.11 Å². The van der Waals surface area contributed by atoms with E-state index >= 15 is 0 Å². The summed E-state index contributed by atoms with van der Waals surface area (Å²) in [4.78, 5) is 13.2. The molecule has 1 N–H and O–H groups in total. The molecule has 1 aliphatic heterocycles. The summed E-state index contributed by atoms with van der Waals surface area (Å²) in [6.45, 7) is 4.45. The highest BCUT2D eigenvalue weighted by atomic mass is 16.4. The molecule has 0 amide bonds. The molecular weight excluding hydrogens is 202 g/mol. The number of carboxylic acid groups (broad SMARTS) is 1. The molecule has 0 radical (unpaired) electrons. The van der Waals surface area contributed by atoms with E-state index < -0.39 is 5.97 Å². The molecule has 0 bridgehead atoms. The average Bonchev–Trinajstić information content (AvgIpc) is 2.62. The second-order valence-corrected chi connectivity index (χ2v) is 5.65. The first-order valence-corrected chi connectivity index (χ1v) is 6.61. The topological polar surface area (TPSA) is 40.5 Å². The van der Waals surface area contributed by atoms with Crippen LogP contribution in [0.15, 0.2) is 0 Å². The fourth-order valence-corrected chi connectivity index (χ4v) is 3.46. The summed E-state index contributed by atoms with van der Waals surface area (Å²) in [5, 5.41) is 8.91. The van der Waals surface area contributed by atoms with Crippen LogP contribution in [0, 0.1) is 5.41 Å². The monoisotopic (exact) mass is 225 g/mol. The molecule has 1 aliphatic carbocycles. The van der Waals surface area contributed by atoms with Crippen LogP contribution in [0.1, 0.15) is 51.9 Å². The lowest BCUT2D eigenvalue weighted by molar-refractivity contribution is -0.140. The Bertz CT molecular complexity index is 251. The van der Waals surface area contributed by atoms with Gasteiger partial charge in [-0.3, -0.25) is 9.69 Å². The fraction of sp³-hybridized carbons (Fsp3) is 0.923. The van der Waals surface area contributed by atoms with Gasteiger partial charge in [-0.15, -0.1) is 0 Å². The Hall–Kier alpha value is -0.570. The second kappa shape index (κ2) is 4.74. The molecule has 3 heteroatoms. The average molecular weight is 225 g/mol. The zero-order valence-corrected chi connectivity index (χ0v) is 10.2. The Balaban J connectivity index is 1.84. The van der Waals surface area contributed by atoms with Gasteiger partial charge < -0.3 is 5.11 Å². The maximum atomic E-state index is 10.8. The van der Waals surface area contributed by atoms with Crippen molar-refractivity contribution >= 4 is 5.97 Å². The lowest BCUT2D eigenvalue weighted by Gasteiger charge is -2.51. The van der Waals surface area contributed by atoms with Crippen molar-refractivity contribution in [2.24, 2.45) is 5.41 Å². The standard InChI is InChI=1S/C13H23NO2/c1-2-5-11(8-12(15)16)14-9-13(10-14)6-3-4-7-13/h11H,2-10H2,1H3,(H,15,16). The number of carbonyl (C=O) groups is 1. The summed E-state index contributed by atoms with van der Waals surface area (Å²) in [6.07, 6.45) is 7.94. The van der Waals surface area contributed by atoms with Crippen LogP contribution in [-0.2, 0) is 4.79 Å². The molecule has 0 aromatic carbocycles. The number of nitrogens with zero attached hydrogens (tertiary/aromatic N) is 1. The third-order valence-corrected chi connectivity index (χ3v) is 4.29. The second-order valence-electron chi connectivity index (χ2n) is 5.65. The number of hydrogen-bond donors (Lipinski definition) is 1. The molecule has 1 heterocycles. The van der Waals surface area contributed by atoms with Crippen LogP contribution in [0.25, 0.3) is 0 Å². The Kier molecular flexibility index (Phi) is 3.53. The summed E-state index contributed by atoms with van der Waals surface area (Å²) in [6, 6.07) is 0.286. The van der Waals surface area contributed by atoms with Crippen molar-refractivity contribution in [3.8, 4) is 0 Å². The zero-order chi connectivity index (χ0) is 11.6. The summed E-state index contributed by atoms with van der Waals surface area (Å²) in [5.74, 6) is -0.647. The molecule has 1 atom stereocenters. The highest BCUT2D eigenvalue weighted by Crippen LogP contribution is 2.46. The molecule has 2 fully saturated rings. The van der Waals surface area contributed by atoms with Gasteiger partial charge in [0.05, 0.1) is 6.42 Å². The van der Waals surface area contributed by atoms with Gasteiger partial charge in [0.1, 0.15) is 0 Å². The normalized spacial score (nSPS) is 25.6. The quantitative estimate of drug-likeness (QED) is 0.781. The first-order chi connectivity index (χ1) is 7.65. The van der Waals surface area contributed by atoms with Gasteiger partial charge in [-0.05, 0) is 24.7 Å². The largest absolute Gasteiger partial charge is 0.481 e. The van der Waals surface area contributed by atoms with Crippen LogP contribution in [0.4, 0.5) is 0 Å². The van der Waals surface area contributed by atoms with Crippen molar-refractivity contribution in [3.05, 3.63) is 0 Å². The van der Waals surface area contributed by atoms with Crippen LogP contribution in [-0.4, -0.2) is 35.1 Å². The van der Waals surface area contributed by atoms with E-state index in [9.17, 15) is 4.79 Å². The third kappa shape index (κ3) is 2.40. The van der Waals surface area contributed by atoms with Gasteiger partial charge >= 0.3 is 5.97 Å². The van der Waals surface area contributed by atoms with Crippen molar-refractivity contribution < 1.29 is 9.90 Å². The van der Waals surface area contributed by atoms with Gasteiger partial charge in [0.2, 0.25) is 0 Å². The summed E-state index contributed by atoms with van der Waals surface area (Å²) < 4.78 is 0. The highest BCUT2D eigenvalue weighted by molar-refractivity contribution is 5.67. The lowest BCUT2D eigenvalue weighted by Crippen LogP contribution is -2.59. The minimum absolute atomic E-state index is 0.286. The Morgan fingerprint density at radius 2 is 2.00 bits per heavy atom. The van der Waals surface area contributed by atoms with Gasteiger partial charge in [0, 0.05) is 19.1 Å². The molecule has 2 rings (SSSR count). The first-order valence-electron chi connectivity index (χ1n) is 6.61. The number of rotatable bonds is 5. The van der Waals surface area contributed by atoms with Crippen LogP contribution in [0.2, 0.25) is 0 Å². The molecule has 0 aromatic rings. The molecule has 92 valence electrons. The van der Waals surface area contributed by atoms with Crippen molar-refractivity contribution in [2.45, 2.75) is 57.9 Å². The predicted molar refractivity (Wildman–Crippen MR) is 63.4 cm³/mol. The van der Waals surface area contributed by atoms with E-state index in [2.05, 4.69) is 11.8 Å². The molecule has 16 heavy (non-hydrogen) atoms. The number of aliphatic carboxylic acids is 1. The first kappa shape index (κ1) is 11.9. The van der Waals surface area contributed by atoms with Gasteiger partial charge in [0.15, 0.2) is 0 Å². The third-order valence-electron chi connectivity index (χ3n) is 4.29. The zero-order valence-electron chi connectivity index (χ0n) is 10.2. The van der Waals surface area contributed by atoms with Gasteiger partial charge in [-0.1, -0.05) is 26.2 Å². The van der Waals surface area contributed by atoms with E-state index in [0.717, 1.165) is 25.9 Å². The number of carboxylic acids is 1. The van der Waals surface area contributed by atoms with E-state index in [1.807, 2.05) is 0 Å². The smallest absolute Gasteiger partial charge is 0.304 e. The molecule has 0 aromatic heterocycles. The molecule has 1 saturated carbocycles. The Morgan fingerprint density at radius 1 is 1.38 bits per heavy atom. The minimum atomic E-state index is -0.647. The van der Waals surface area contributed by atoms with E-state index in [0.29, 0.717) is 11.8 Å². The minimum Gasteiger partial charge on any atom is -0.481 e. The van der Waals surface area contributed by atoms with Gasteiger partial charge in [-0.25, -0.2) is 0 Å². The Morgan fingerprint density at radius 3 is 2.50 bits per heavy atom. The lowest BCUT2D eigenvalue weighted by atomic mass is 9.77. The summed E-state index contributed by atoms with van der Waals surface area (Å²) >= 11 is 0. The highest BCUT2D eigenvalue weighted by Gasteiger charge is 2.46. The van der Waals surface area contributed by atoms with Crippen LogP contribution in [0.3, 0.4) is 0 Å². The fourth-order valence-electron chi connectivity index (χ4n) is 3.46. The van der Waals surface area contributed by atoms with Crippen molar-refractivity contribution in [3.63, 3.8) is 0 Å². The van der Waals surface area contributed by atoms with Crippen LogP contribution in [0.5, 0.6) is 0 Å². The molecule has 1 unspecified atom stereocenters.